The van der Waals surface area contributed by atoms with Gasteiger partial charge in [0.25, 0.3) is 5.91 Å². The van der Waals surface area contributed by atoms with Gasteiger partial charge >= 0.3 is 0 Å². The molecule has 0 saturated carbocycles. The molecule has 4 nitrogen and oxygen atoms in total. The number of anilines is 3. The molecule has 0 spiro atoms. The van der Waals surface area contributed by atoms with E-state index in [4.69, 9.17) is 11.6 Å². The number of benzene rings is 2. The van der Waals surface area contributed by atoms with Gasteiger partial charge < -0.3 is 10.2 Å². The Bertz CT molecular complexity index is 957. The number of pyridine rings is 1. The Morgan fingerprint density at radius 3 is 2.81 bits per heavy atom. The molecule has 130 valence electrons. The van der Waals surface area contributed by atoms with Gasteiger partial charge in [0.05, 0.1) is 17.4 Å². The van der Waals surface area contributed by atoms with Crippen LogP contribution in [0.2, 0.25) is 5.02 Å². The number of hydrogen-bond acceptors (Lipinski definition) is 3. The van der Waals surface area contributed by atoms with Gasteiger partial charge in [-0.1, -0.05) is 35.9 Å². The van der Waals surface area contributed by atoms with Crippen molar-refractivity contribution in [1.29, 1.82) is 0 Å². The highest BCUT2D eigenvalue weighted by Gasteiger charge is 2.23. The maximum atomic E-state index is 13.1. The summed E-state index contributed by atoms with van der Waals surface area (Å²) in [5, 5.41) is 3.90. The minimum absolute atomic E-state index is 0.0283. The van der Waals surface area contributed by atoms with E-state index in [0.29, 0.717) is 10.6 Å². The highest BCUT2D eigenvalue weighted by atomic mass is 35.5. The van der Waals surface area contributed by atoms with Crippen LogP contribution in [0.4, 0.5) is 17.1 Å². The van der Waals surface area contributed by atoms with Gasteiger partial charge in [-0.05, 0) is 48.7 Å². The first-order valence-electron chi connectivity index (χ1n) is 8.58. The molecule has 2 aromatic carbocycles. The second kappa shape index (κ2) is 7.18. The number of amides is 1. The van der Waals surface area contributed by atoms with E-state index in [0.717, 1.165) is 36.4 Å². The molecule has 0 atom stereocenters. The summed E-state index contributed by atoms with van der Waals surface area (Å²) in [4.78, 5) is 19.1. The molecule has 3 aromatic rings. The molecular weight excluding hydrogens is 346 g/mol. The molecule has 1 aliphatic heterocycles. The Hall–Kier alpha value is -2.85. The first-order chi connectivity index (χ1) is 12.7. The molecule has 1 amide bonds. The second-order valence-electron chi connectivity index (χ2n) is 6.29. The molecular formula is C21H18ClN3O. The average Bonchev–Trinajstić information content (AvgIpc) is 2.67. The zero-order chi connectivity index (χ0) is 17.9. The van der Waals surface area contributed by atoms with Crippen molar-refractivity contribution in [2.24, 2.45) is 0 Å². The number of aromatic nitrogens is 1. The van der Waals surface area contributed by atoms with E-state index >= 15 is 0 Å². The average molecular weight is 364 g/mol. The van der Waals surface area contributed by atoms with Crippen LogP contribution in [-0.4, -0.2) is 17.4 Å². The first kappa shape index (κ1) is 16.6. The Balaban J connectivity index is 1.60. The van der Waals surface area contributed by atoms with Crippen LogP contribution in [0.15, 0.2) is 67.0 Å². The summed E-state index contributed by atoms with van der Waals surface area (Å²) in [7, 11) is 0. The highest BCUT2D eigenvalue weighted by molar-refractivity contribution is 6.30. The summed E-state index contributed by atoms with van der Waals surface area (Å²) in [6, 6.07) is 17.4. The number of carbonyl (C=O) groups excluding carboxylic acids is 1. The highest BCUT2D eigenvalue weighted by Crippen LogP contribution is 2.28. The number of halogens is 1. The molecule has 4 rings (SSSR count). The van der Waals surface area contributed by atoms with Crippen LogP contribution in [0, 0.1) is 0 Å². The molecule has 1 aromatic heterocycles. The van der Waals surface area contributed by atoms with Crippen LogP contribution in [0.1, 0.15) is 22.3 Å². The van der Waals surface area contributed by atoms with Gasteiger partial charge in [0.1, 0.15) is 0 Å². The van der Waals surface area contributed by atoms with E-state index in [1.54, 1.807) is 12.4 Å². The van der Waals surface area contributed by atoms with Crippen molar-refractivity contribution in [2.45, 2.75) is 12.8 Å². The normalized spacial score (nSPS) is 13.2. The van der Waals surface area contributed by atoms with Crippen molar-refractivity contribution in [1.82, 2.24) is 4.98 Å². The van der Waals surface area contributed by atoms with Crippen LogP contribution >= 0.6 is 11.6 Å². The van der Waals surface area contributed by atoms with Gasteiger partial charge in [0.15, 0.2) is 0 Å². The Kier molecular flexibility index (Phi) is 4.59. The molecule has 1 N–H and O–H groups in total. The van der Waals surface area contributed by atoms with E-state index < -0.39 is 0 Å². The number of nitrogens with zero attached hydrogens (tertiary/aromatic N) is 2. The number of para-hydroxylation sites is 1. The SMILES string of the molecule is O=C(c1cncc(Nc2cccc(Cl)c2)c1)N1CCCc2ccccc21. The van der Waals surface area contributed by atoms with Crippen molar-refractivity contribution in [3.05, 3.63) is 83.1 Å². The fourth-order valence-corrected chi connectivity index (χ4v) is 3.45. The van der Waals surface area contributed by atoms with Gasteiger partial charge in [-0.15, -0.1) is 0 Å². The second-order valence-corrected chi connectivity index (χ2v) is 6.72. The molecule has 2 heterocycles. The van der Waals surface area contributed by atoms with Gasteiger partial charge in [-0.2, -0.15) is 0 Å². The van der Waals surface area contributed by atoms with Gasteiger partial charge in [0.2, 0.25) is 0 Å². The number of nitrogens with one attached hydrogen (secondary N) is 1. The van der Waals surface area contributed by atoms with Gasteiger partial charge in [0, 0.05) is 29.1 Å². The molecule has 0 unspecified atom stereocenters. The quantitative estimate of drug-likeness (QED) is 0.706. The lowest BCUT2D eigenvalue weighted by Crippen LogP contribution is -2.35. The maximum Gasteiger partial charge on any atom is 0.259 e. The summed E-state index contributed by atoms with van der Waals surface area (Å²) < 4.78 is 0. The molecule has 1 aliphatic rings. The van der Waals surface area contributed by atoms with Crippen molar-refractivity contribution >= 4 is 34.6 Å². The molecule has 26 heavy (non-hydrogen) atoms. The van der Waals surface area contributed by atoms with Gasteiger partial charge in [-0.3, -0.25) is 9.78 Å². The molecule has 0 fully saturated rings. The van der Waals surface area contributed by atoms with Crippen LogP contribution < -0.4 is 10.2 Å². The number of hydrogen-bond donors (Lipinski definition) is 1. The van der Waals surface area contributed by atoms with E-state index in [-0.39, 0.29) is 5.91 Å². The third-order valence-electron chi connectivity index (χ3n) is 4.45. The Morgan fingerprint density at radius 2 is 1.92 bits per heavy atom. The summed E-state index contributed by atoms with van der Waals surface area (Å²) in [5.74, 6) is -0.0283. The smallest absolute Gasteiger partial charge is 0.259 e. The predicted octanol–water partition coefficient (Wildman–Crippen LogP) is 5.07. The molecule has 5 heteroatoms. The van der Waals surface area contributed by atoms with Crippen molar-refractivity contribution < 1.29 is 4.79 Å². The van der Waals surface area contributed by atoms with E-state index in [9.17, 15) is 4.79 Å². The lowest BCUT2D eigenvalue weighted by Gasteiger charge is -2.29. The number of fused-ring (bicyclic) bond motifs is 1. The standard InChI is InChI=1S/C21H18ClN3O/c22-17-7-3-8-18(12-17)24-19-11-16(13-23-14-19)21(26)25-10-4-6-15-5-1-2-9-20(15)25/h1-3,5,7-9,11-14,24H,4,6,10H2. The molecule has 0 bridgehead atoms. The van der Waals surface area contributed by atoms with Crippen LogP contribution in [0.25, 0.3) is 0 Å². The summed E-state index contributed by atoms with van der Waals surface area (Å²) in [6.45, 7) is 0.724. The van der Waals surface area contributed by atoms with Crippen molar-refractivity contribution in [2.75, 3.05) is 16.8 Å². The monoisotopic (exact) mass is 363 g/mol. The van der Waals surface area contributed by atoms with Crippen LogP contribution in [-0.2, 0) is 6.42 Å². The van der Waals surface area contributed by atoms with E-state index in [1.165, 1.54) is 5.56 Å². The van der Waals surface area contributed by atoms with Crippen LogP contribution in [0.5, 0.6) is 0 Å². The third kappa shape index (κ3) is 3.41. The Labute approximate surface area is 157 Å². The number of rotatable bonds is 3. The fourth-order valence-electron chi connectivity index (χ4n) is 3.26. The van der Waals surface area contributed by atoms with Crippen molar-refractivity contribution in [3.8, 4) is 0 Å². The summed E-state index contributed by atoms with van der Waals surface area (Å²) >= 11 is 6.03. The minimum Gasteiger partial charge on any atom is -0.354 e. The largest absolute Gasteiger partial charge is 0.354 e. The summed E-state index contributed by atoms with van der Waals surface area (Å²) in [6.07, 6.45) is 5.29. The lowest BCUT2D eigenvalue weighted by molar-refractivity contribution is 0.0985. The molecule has 0 saturated heterocycles. The van der Waals surface area contributed by atoms with E-state index in [1.807, 2.05) is 53.4 Å². The molecule has 0 radical (unpaired) electrons. The zero-order valence-corrected chi connectivity index (χ0v) is 14.9. The number of carbonyl (C=O) groups is 1. The third-order valence-corrected chi connectivity index (χ3v) is 4.69. The lowest BCUT2D eigenvalue weighted by atomic mass is 10.0. The topological polar surface area (TPSA) is 45.2 Å². The van der Waals surface area contributed by atoms with E-state index in [2.05, 4.69) is 16.4 Å². The molecule has 0 aliphatic carbocycles. The first-order valence-corrected chi connectivity index (χ1v) is 8.96. The maximum absolute atomic E-state index is 13.1. The van der Waals surface area contributed by atoms with Gasteiger partial charge in [-0.25, -0.2) is 0 Å². The Morgan fingerprint density at radius 1 is 1.04 bits per heavy atom. The van der Waals surface area contributed by atoms with Crippen molar-refractivity contribution in [3.63, 3.8) is 0 Å². The number of aryl methyl sites for hydroxylation is 1. The zero-order valence-electron chi connectivity index (χ0n) is 14.2. The summed E-state index contributed by atoms with van der Waals surface area (Å²) in [5.41, 5.74) is 4.38. The minimum atomic E-state index is -0.0283. The predicted molar refractivity (Wildman–Crippen MR) is 105 cm³/mol. The van der Waals surface area contributed by atoms with Crippen LogP contribution in [0.3, 0.4) is 0 Å². The fraction of sp³-hybridized carbons (Fsp3) is 0.143.